The van der Waals surface area contributed by atoms with E-state index in [0.717, 1.165) is 34.9 Å². The standard InChI is InChI=1S/C20H20N4O3/c1-23-16-5-4-13(6-19(16)27-10-20(23)26)22-15-7-17-14(8-18(15)25)21-11-24(17)9-12-2-3-12/h4-8,11-12,22,25H,2-3,9-10H2,1H3. The van der Waals surface area contributed by atoms with E-state index in [-0.39, 0.29) is 18.3 Å². The van der Waals surface area contributed by atoms with Crippen LogP contribution in [0.5, 0.6) is 11.5 Å². The van der Waals surface area contributed by atoms with Gasteiger partial charge in [-0.1, -0.05) is 0 Å². The first-order valence-corrected chi connectivity index (χ1v) is 9.07. The van der Waals surface area contributed by atoms with Crippen LogP contribution in [0.3, 0.4) is 0 Å². The van der Waals surface area contributed by atoms with Crippen LogP contribution in [0.2, 0.25) is 0 Å². The number of anilines is 3. The summed E-state index contributed by atoms with van der Waals surface area (Å²) >= 11 is 0. The first-order valence-electron chi connectivity index (χ1n) is 9.07. The Kier molecular flexibility index (Phi) is 3.50. The van der Waals surface area contributed by atoms with Crippen LogP contribution in [0, 0.1) is 5.92 Å². The van der Waals surface area contributed by atoms with Crippen molar-refractivity contribution in [1.29, 1.82) is 0 Å². The van der Waals surface area contributed by atoms with Gasteiger partial charge in [-0.3, -0.25) is 4.79 Å². The highest BCUT2D eigenvalue weighted by atomic mass is 16.5. The number of rotatable bonds is 4. The van der Waals surface area contributed by atoms with Crippen molar-refractivity contribution in [3.63, 3.8) is 0 Å². The molecule has 5 rings (SSSR count). The number of nitrogens with zero attached hydrogens (tertiary/aromatic N) is 3. The maximum Gasteiger partial charge on any atom is 0.264 e. The molecular formula is C20H20N4O3. The molecule has 0 radical (unpaired) electrons. The zero-order valence-corrected chi connectivity index (χ0v) is 15.0. The van der Waals surface area contributed by atoms with E-state index in [9.17, 15) is 9.90 Å². The number of hydrogen-bond donors (Lipinski definition) is 2. The van der Waals surface area contributed by atoms with Gasteiger partial charge < -0.3 is 24.6 Å². The molecule has 1 aromatic heterocycles. The molecule has 7 nitrogen and oxygen atoms in total. The number of aromatic hydroxyl groups is 1. The number of amides is 1. The van der Waals surface area contributed by atoms with Crippen molar-refractivity contribution in [2.24, 2.45) is 5.92 Å². The topological polar surface area (TPSA) is 79.6 Å². The molecule has 3 aromatic rings. The van der Waals surface area contributed by atoms with Crippen molar-refractivity contribution in [2.45, 2.75) is 19.4 Å². The summed E-state index contributed by atoms with van der Waals surface area (Å²) < 4.78 is 7.68. The Balaban J connectivity index is 1.47. The van der Waals surface area contributed by atoms with Crippen LogP contribution in [0.1, 0.15) is 12.8 Å². The minimum atomic E-state index is -0.0739. The Morgan fingerprint density at radius 3 is 2.96 bits per heavy atom. The van der Waals surface area contributed by atoms with Crippen LogP contribution in [0.15, 0.2) is 36.7 Å². The van der Waals surface area contributed by atoms with Crippen molar-refractivity contribution < 1.29 is 14.6 Å². The predicted molar refractivity (Wildman–Crippen MR) is 103 cm³/mol. The van der Waals surface area contributed by atoms with Gasteiger partial charge in [0.1, 0.15) is 11.5 Å². The van der Waals surface area contributed by atoms with Gasteiger partial charge in [-0.25, -0.2) is 4.98 Å². The summed E-state index contributed by atoms with van der Waals surface area (Å²) in [5.74, 6) is 1.45. The molecule has 0 bridgehead atoms. The van der Waals surface area contributed by atoms with Crippen molar-refractivity contribution in [3.8, 4) is 11.5 Å². The molecule has 0 atom stereocenters. The Hall–Kier alpha value is -3.22. The second-order valence-corrected chi connectivity index (χ2v) is 7.25. The number of carbonyl (C=O) groups excluding carboxylic acids is 1. The van der Waals surface area contributed by atoms with Crippen LogP contribution in [-0.4, -0.2) is 34.2 Å². The van der Waals surface area contributed by atoms with Crippen molar-refractivity contribution in [3.05, 3.63) is 36.7 Å². The summed E-state index contributed by atoms with van der Waals surface area (Å²) in [7, 11) is 1.73. The largest absolute Gasteiger partial charge is 0.506 e. The second kappa shape index (κ2) is 5.90. The van der Waals surface area contributed by atoms with Crippen LogP contribution >= 0.6 is 0 Å². The molecule has 27 heavy (non-hydrogen) atoms. The van der Waals surface area contributed by atoms with Gasteiger partial charge in [-0.05, 0) is 37.0 Å². The highest BCUT2D eigenvalue weighted by Gasteiger charge is 2.24. The van der Waals surface area contributed by atoms with Gasteiger partial charge in [-0.15, -0.1) is 0 Å². The normalized spacial score (nSPS) is 16.3. The number of phenolic OH excluding ortho intramolecular Hbond substituents is 1. The number of likely N-dealkylation sites (N-methyl/N-ethyl adjacent to an activating group) is 1. The monoisotopic (exact) mass is 364 g/mol. The second-order valence-electron chi connectivity index (χ2n) is 7.25. The summed E-state index contributed by atoms with van der Waals surface area (Å²) in [5.41, 5.74) is 3.91. The number of phenols is 1. The molecular weight excluding hydrogens is 344 g/mol. The van der Waals surface area contributed by atoms with Crippen LogP contribution in [0.4, 0.5) is 17.1 Å². The van der Waals surface area contributed by atoms with Gasteiger partial charge in [-0.2, -0.15) is 0 Å². The molecule has 1 fully saturated rings. The molecule has 138 valence electrons. The SMILES string of the molecule is CN1C(=O)COc2cc(Nc3cc4c(cc3O)ncn4CC3CC3)ccc21. The van der Waals surface area contributed by atoms with E-state index in [1.54, 1.807) is 18.0 Å². The molecule has 0 unspecified atom stereocenters. The van der Waals surface area contributed by atoms with E-state index in [4.69, 9.17) is 4.74 Å². The van der Waals surface area contributed by atoms with E-state index in [0.29, 0.717) is 11.4 Å². The van der Waals surface area contributed by atoms with E-state index in [2.05, 4.69) is 14.9 Å². The zero-order chi connectivity index (χ0) is 18.5. The van der Waals surface area contributed by atoms with Gasteiger partial charge in [0.25, 0.3) is 5.91 Å². The number of carbonyl (C=O) groups is 1. The summed E-state index contributed by atoms with van der Waals surface area (Å²) in [6, 6.07) is 9.14. The van der Waals surface area contributed by atoms with Crippen molar-refractivity contribution in [2.75, 3.05) is 23.9 Å². The molecule has 2 aromatic carbocycles. The summed E-state index contributed by atoms with van der Waals surface area (Å²) in [5, 5.41) is 13.6. The van der Waals surface area contributed by atoms with Crippen LogP contribution in [-0.2, 0) is 11.3 Å². The Bertz CT molecular complexity index is 1050. The molecule has 1 saturated carbocycles. The highest BCUT2D eigenvalue weighted by Crippen LogP contribution is 2.37. The average Bonchev–Trinajstić information content (AvgIpc) is 3.40. The van der Waals surface area contributed by atoms with E-state index in [1.807, 2.05) is 30.6 Å². The lowest BCUT2D eigenvalue weighted by atomic mass is 10.2. The predicted octanol–water partition coefficient (Wildman–Crippen LogP) is 3.25. The zero-order valence-electron chi connectivity index (χ0n) is 15.0. The molecule has 1 aliphatic carbocycles. The number of fused-ring (bicyclic) bond motifs is 2. The summed E-state index contributed by atoms with van der Waals surface area (Å²) in [6.45, 7) is 0.998. The fourth-order valence-corrected chi connectivity index (χ4v) is 3.43. The van der Waals surface area contributed by atoms with Crippen LogP contribution in [0.25, 0.3) is 11.0 Å². The third-order valence-corrected chi connectivity index (χ3v) is 5.22. The first kappa shape index (κ1) is 16.0. The number of benzene rings is 2. The van der Waals surface area contributed by atoms with Crippen molar-refractivity contribution >= 4 is 34.0 Å². The van der Waals surface area contributed by atoms with Gasteiger partial charge in [0.2, 0.25) is 0 Å². The third kappa shape index (κ3) is 2.85. The lowest BCUT2D eigenvalue weighted by Crippen LogP contribution is -2.35. The number of imidazole rings is 1. The molecule has 1 aliphatic heterocycles. The summed E-state index contributed by atoms with van der Waals surface area (Å²) in [4.78, 5) is 17.7. The molecule has 2 aliphatic rings. The molecule has 2 N–H and O–H groups in total. The lowest BCUT2D eigenvalue weighted by molar-refractivity contribution is -0.120. The number of hydrogen-bond acceptors (Lipinski definition) is 5. The molecule has 0 saturated heterocycles. The van der Waals surface area contributed by atoms with E-state index in [1.165, 1.54) is 12.8 Å². The fraction of sp³-hybridized carbons (Fsp3) is 0.300. The third-order valence-electron chi connectivity index (χ3n) is 5.22. The van der Waals surface area contributed by atoms with Gasteiger partial charge in [0, 0.05) is 31.4 Å². The van der Waals surface area contributed by atoms with Gasteiger partial charge in [0.15, 0.2) is 6.61 Å². The Morgan fingerprint density at radius 1 is 1.30 bits per heavy atom. The fourth-order valence-electron chi connectivity index (χ4n) is 3.43. The number of nitrogens with one attached hydrogen (secondary N) is 1. The molecule has 1 amide bonds. The number of aromatic nitrogens is 2. The van der Waals surface area contributed by atoms with E-state index >= 15 is 0 Å². The quantitative estimate of drug-likeness (QED) is 0.695. The highest BCUT2D eigenvalue weighted by molar-refractivity contribution is 5.97. The maximum atomic E-state index is 11.7. The first-order chi connectivity index (χ1) is 13.1. The minimum Gasteiger partial charge on any atom is -0.506 e. The average molecular weight is 364 g/mol. The Labute approximate surface area is 156 Å². The van der Waals surface area contributed by atoms with Crippen molar-refractivity contribution in [1.82, 2.24) is 9.55 Å². The smallest absolute Gasteiger partial charge is 0.264 e. The van der Waals surface area contributed by atoms with Gasteiger partial charge >= 0.3 is 0 Å². The molecule has 7 heteroatoms. The minimum absolute atomic E-state index is 0.0323. The maximum absolute atomic E-state index is 11.7. The summed E-state index contributed by atoms with van der Waals surface area (Å²) in [6.07, 6.45) is 4.38. The number of ether oxygens (including phenoxy) is 1. The lowest BCUT2D eigenvalue weighted by Gasteiger charge is -2.26. The van der Waals surface area contributed by atoms with Crippen LogP contribution < -0.4 is 15.0 Å². The van der Waals surface area contributed by atoms with Gasteiger partial charge in [0.05, 0.1) is 28.7 Å². The molecule has 0 spiro atoms. The van der Waals surface area contributed by atoms with E-state index < -0.39 is 0 Å². The molecule has 2 heterocycles. The Morgan fingerprint density at radius 2 is 2.15 bits per heavy atom.